The summed E-state index contributed by atoms with van der Waals surface area (Å²) in [6.45, 7) is -0.0235. The molecule has 1 unspecified atom stereocenters. The van der Waals surface area contributed by atoms with Crippen molar-refractivity contribution in [3.63, 3.8) is 0 Å². The first-order valence-electron chi connectivity index (χ1n) is 3.19. The summed E-state index contributed by atoms with van der Waals surface area (Å²) in [4.78, 5) is 18.2. The Balaban J connectivity index is 0. The smallest absolute Gasteiger partial charge is 0.414 e. The number of aliphatic hydroxyl groups is 2. The Hall–Kier alpha value is -1.18. The van der Waals surface area contributed by atoms with Crippen LogP contribution in [0, 0.1) is 0 Å². The van der Waals surface area contributed by atoms with E-state index in [-0.39, 0.29) is 13.2 Å². The average Bonchev–Trinajstić information content (AvgIpc) is 2.05. The van der Waals surface area contributed by atoms with Crippen LogP contribution >= 0.6 is 0 Å². The zero-order chi connectivity index (χ0) is 10.9. The van der Waals surface area contributed by atoms with E-state index < -0.39 is 18.0 Å². The highest BCUT2D eigenvalue weighted by molar-refractivity contribution is 6.27. The maximum atomic E-state index is 9.10. The molecule has 0 spiro atoms. The van der Waals surface area contributed by atoms with Gasteiger partial charge in [-0.2, -0.15) is 0 Å². The number of rotatable bonds is 3. The lowest BCUT2D eigenvalue weighted by atomic mass is 10.4. The molecule has 0 amide bonds. The SMILES string of the molecule is COCC(O)CO.O=C(O)C(=O)O. The first-order valence-corrected chi connectivity index (χ1v) is 3.19. The minimum Gasteiger partial charge on any atom is -0.473 e. The van der Waals surface area contributed by atoms with Gasteiger partial charge in [-0.1, -0.05) is 0 Å². The van der Waals surface area contributed by atoms with Crippen molar-refractivity contribution in [1.82, 2.24) is 0 Å². The van der Waals surface area contributed by atoms with Crippen LogP contribution in [0.15, 0.2) is 0 Å². The summed E-state index contributed by atoms with van der Waals surface area (Å²) in [5.41, 5.74) is 0. The van der Waals surface area contributed by atoms with Gasteiger partial charge in [0.15, 0.2) is 0 Å². The molecule has 0 heterocycles. The minimum absolute atomic E-state index is 0.205. The summed E-state index contributed by atoms with van der Waals surface area (Å²) in [5.74, 6) is -3.65. The number of methoxy groups -OCH3 is 1. The summed E-state index contributed by atoms with van der Waals surface area (Å²) in [7, 11) is 1.47. The van der Waals surface area contributed by atoms with Crippen LogP contribution in [-0.2, 0) is 14.3 Å². The number of aliphatic hydroxyl groups excluding tert-OH is 2. The highest BCUT2D eigenvalue weighted by Crippen LogP contribution is 1.77. The predicted molar refractivity (Wildman–Crippen MR) is 40.2 cm³/mol. The number of hydrogen-bond acceptors (Lipinski definition) is 5. The highest BCUT2D eigenvalue weighted by atomic mass is 16.5. The van der Waals surface area contributed by atoms with Crippen molar-refractivity contribution in [2.75, 3.05) is 20.3 Å². The standard InChI is InChI=1S/C4H10O3.C2H2O4/c1-7-3-4(6)2-5;3-1(4)2(5)6/h4-6H,2-3H2,1H3;(H,3,4)(H,5,6). The Morgan fingerprint density at radius 2 is 1.69 bits per heavy atom. The molecule has 13 heavy (non-hydrogen) atoms. The molecule has 4 N–H and O–H groups in total. The molecule has 0 fully saturated rings. The summed E-state index contributed by atoms with van der Waals surface area (Å²) >= 11 is 0. The third kappa shape index (κ3) is 13.8. The van der Waals surface area contributed by atoms with E-state index in [1.54, 1.807) is 0 Å². The molecule has 0 aliphatic rings. The largest absolute Gasteiger partial charge is 0.473 e. The Kier molecular flexibility index (Phi) is 9.84. The molecule has 7 heteroatoms. The first-order chi connectivity index (χ1) is 5.95. The summed E-state index contributed by atoms with van der Waals surface area (Å²) in [5, 5.41) is 31.4. The molecule has 0 aromatic carbocycles. The van der Waals surface area contributed by atoms with Crippen molar-refractivity contribution in [3.8, 4) is 0 Å². The molecule has 0 aliphatic heterocycles. The molecule has 0 aromatic rings. The van der Waals surface area contributed by atoms with Crippen LogP contribution in [0.2, 0.25) is 0 Å². The number of hydrogen-bond donors (Lipinski definition) is 4. The lowest BCUT2D eigenvalue weighted by Crippen LogP contribution is -2.17. The second-order valence-corrected chi connectivity index (χ2v) is 1.90. The second kappa shape index (κ2) is 8.91. The molecular formula is C6H12O7. The normalized spacial score (nSPS) is 11.0. The van der Waals surface area contributed by atoms with E-state index in [1.807, 2.05) is 0 Å². The van der Waals surface area contributed by atoms with E-state index in [0.29, 0.717) is 0 Å². The number of carbonyl (C=O) groups is 2. The topological polar surface area (TPSA) is 124 Å². The van der Waals surface area contributed by atoms with Gasteiger partial charge in [0, 0.05) is 7.11 Å². The van der Waals surface area contributed by atoms with Crippen LogP contribution < -0.4 is 0 Å². The van der Waals surface area contributed by atoms with Gasteiger partial charge in [0.1, 0.15) is 6.10 Å². The number of aliphatic carboxylic acids is 2. The van der Waals surface area contributed by atoms with E-state index in [4.69, 9.17) is 30.0 Å². The average molecular weight is 196 g/mol. The van der Waals surface area contributed by atoms with Crippen molar-refractivity contribution in [3.05, 3.63) is 0 Å². The lowest BCUT2D eigenvalue weighted by molar-refractivity contribution is -0.159. The van der Waals surface area contributed by atoms with Crippen LogP contribution in [-0.4, -0.2) is 58.8 Å². The van der Waals surface area contributed by atoms with E-state index in [1.165, 1.54) is 7.11 Å². The molecule has 7 nitrogen and oxygen atoms in total. The first kappa shape index (κ1) is 14.3. The second-order valence-electron chi connectivity index (χ2n) is 1.90. The fourth-order valence-electron chi connectivity index (χ4n) is 0.245. The van der Waals surface area contributed by atoms with Crippen LogP contribution in [0.4, 0.5) is 0 Å². The lowest BCUT2D eigenvalue weighted by Gasteiger charge is -2.01. The summed E-state index contributed by atoms with van der Waals surface area (Å²) in [6, 6.07) is 0. The molecular weight excluding hydrogens is 184 g/mol. The van der Waals surface area contributed by atoms with Gasteiger partial charge >= 0.3 is 11.9 Å². The van der Waals surface area contributed by atoms with E-state index in [2.05, 4.69) is 4.74 Å². The predicted octanol–water partition coefficient (Wildman–Crippen LogP) is -1.86. The maximum Gasteiger partial charge on any atom is 0.414 e. The van der Waals surface area contributed by atoms with Crippen LogP contribution in [0.5, 0.6) is 0 Å². The van der Waals surface area contributed by atoms with Gasteiger partial charge in [-0.05, 0) is 0 Å². The maximum absolute atomic E-state index is 9.10. The van der Waals surface area contributed by atoms with Crippen LogP contribution in [0.25, 0.3) is 0 Å². The van der Waals surface area contributed by atoms with Crippen molar-refractivity contribution in [2.24, 2.45) is 0 Å². The Morgan fingerprint density at radius 3 is 1.77 bits per heavy atom. The molecule has 0 aliphatic carbocycles. The van der Waals surface area contributed by atoms with Crippen LogP contribution in [0.1, 0.15) is 0 Å². The zero-order valence-corrected chi connectivity index (χ0v) is 7.01. The Labute approximate surface area is 74.2 Å². The fourth-order valence-corrected chi connectivity index (χ4v) is 0.245. The molecule has 1 atom stereocenters. The van der Waals surface area contributed by atoms with Gasteiger partial charge in [0.05, 0.1) is 13.2 Å². The summed E-state index contributed by atoms with van der Waals surface area (Å²) in [6.07, 6.45) is -0.718. The summed E-state index contributed by atoms with van der Waals surface area (Å²) < 4.78 is 4.48. The zero-order valence-electron chi connectivity index (χ0n) is 7.01. The van der Waals surface area contributed by atoms with Crippen LogP contribution in [0.3, 0.4) is 0 Å². The monoisotopic (exact) mass is 196 g/mol. The quantitative estimate of drug-likeness (QED) is 0.390. The highest BCUT2D eigenvalue weighted by Gasteiger charge is 2.04. The Bertz CT molecular complexity index is 143. The van der Waals surface area contributed by atoms with Crippen molar-refractivity contribution >= 4 is 11.9 Å². The molecule has 0 aromatic heterocycles. The minimum atomic E-state index is -1.82. The van der Waals surface area contributed by atoms with Gasteiger partial charge < -0.3 is 25.2 Å². The third-order valence-corrected chi connectivity index (χ3v) is 0.753. The third-order valence-electron chi connectivity index (χ3n) is 0.753. The molecule has 0 rings (SSSR count). The molecule has 0 saturated carbocycles. The molecule has 78 valence electrons. The molecule has 0 radical (unpaired) electrons. The number of ether oxygens (including phenoxy) is 1. The fraction of sp³-hybridized carbons (Fsp3) is 0.667. The van der Waals surface area contributed by atoms with Crippen molar-refractivity contribution in [1.29, 1.82) is 0 Å². The van der Waals surface area contributed by atoms with E-state index in [9.17, 15) is 0 Å². The molecule has 0 bridgehead atoms. The van der Waals surface area contributed by atoms with Gasteiger partial charge in [-0.3, -0.25) is 0 Å². The van der Waals surface area contributed by atoms with Crippen molar-refractivity contribution in [2.45, 2.75) is 6.10 Å². The molecule has 0 saturated heterocycles. The van der Waals surface area contributed by atoms with E-state index >= 15 is 0 Å². The van der Waals surface area contributed by atoms with Crippen molar-refractivity contribution < 1.29 is 34.8 Å². The van der Waals surface area contributed by atoms with Gasteiger partial charge in [0.2, 0.25) is 0 Å². The van der Waals surface area contributed by atoms with E-state index in [0.717, 1.165) is 0 Å². The van der Waals surface area contributed by atoms with Gasteiger partial charge in [-0.15, -0.1) is 0 Å². The Morgan fingerprint density at radius 1 is 1.31 bits per heavy atom. The number of carboxylic acids is 2. The van der Waals surface area contributed by atoms with Gasteiger partial charge in [-0.25, -0.2) is 9.59 Å². The van der Waals surface area contributed by atoms with Gasteiger partial charge in [0.25, 0.3) is 0 Å². The number of carboxylic acid groups (broad SMARTS) is 2.